The van der Waals surface area contributed by atoms with Gasteiger partial charge in [0.25, 0.3) is 0 Å². The predicted octanol–water partition coefficient (Wildman–Crippen LogP) is 1.34. The van der Waals surface area contributed by atoms with Crippen molar-refractivity contribution in [2.24, 2.45) is 5.92 Å². The highest BCUT2D eigenvalue weighted by atomic mass is 79.9. The summed E-state index contributed by atoms with van der Waals surface area (Å²) < 4.78 is 27.0. The van der Waals surface area contributed by atoms with Gasteiger partial charge in [0.2, 0.25) is 15.9 Å². The number of amides is 1. The first kappa shape index (κ1) is 17.9. The zero-order chi connectivity index (χ0) is 16.4. The molecular formula is C13H20BrN3O3S. The Hall–Kier alpha value is -1.12. The van der Waals surface area contributed by atoms with Gasteiger partial charge in [-0.25, -0.2) is 12.7 Å². The summed E-state index contributed by atoms with van der Waals surface area (Å²) in [7, 11) is -0.738. The number of halogens is 1. The van der Waals surface area contributed by atoms with Crippen LogP contribution in [0.15, 0.2) is 21.5 Å². The second kappa shape index (κ2) is 6.76. The lowest BCUT2D eigenvalue weighted by atomic mass is 10.2. The van der Waals surface area contributed by atoms with E-state index in [0.717, 1.165) is 0 Å². The van der Waals surface area contributed by atoms with Gasteiger partial charge >= 0.3 is 0 Å². The number of nitrogens with two attached hydrogens (primary N) is 1. The number of carbonyl (C=O) groups excluding carboxylic acids is 1. The van der Waals surface area contributed by atoms with Crippen LogP contribution < -0.4 is 11.1 Å². The molecule has 0 aliphatic rings. The third-order valence-corrected chi connectivity index (χ3v) is 5.69. The van der Waals surface area contributed by atoms with Crippen LogP contribution in [-0.4, -0.2) is 39.3 Å². The third-order valence-electron chi connectivity index (χ3n) is 3.28. The first-order valence-corrected chi connectivity index (χ1v) is 8.58. The smallest absolute Gasteiger partial charge is 0.243 e. The van der Waals surface area contributed by atoms with Crippen molar-refractivity contribution in [1.29, 1.82) is 0 Å². The van der Waals surface area contributed by atoms with E-state index in [-0.39, 0.29) is 17.3 Å². The van der Waals surface area contributed by atoms with Crippen molar-refractivity contribution in [2.75, 3.05) is 26.4 Å². The second-order valence-corrected chi connectivity index (χ2v) is 7.85. The van der Waals surface area contributed by atoms with E-state index in [1.165, 1.54) is 24.5 Å². The number of sulfonamides is 1. The predicted molar refractivity (Wildman–Crippen MR) is 86.3 cm³/mol. The number of nitrogen functional groups attached to an aromatic ring is 1. The van der Waals surface area contributed by atoms with Crippen molar-refractivity contribution in [3.63, 3.8) is 0 Å². The molecule has 3 N–H and O–H groups in total. The van der Waals surface area contributed by atoms with Gasteiger partial charge < -0.3 is 11.1 Å². The van der Waals surface area contributed by atoms with E-state index in [2.05, 4.69) is 21.2 Å². The van der Waals surface area contributed by atoms with Crippen molar-refractivity contribution in [3.05, 3.63) is 22.2 Å². The average Bonchev–Trinajstić information content (AvgIpc) is 2.41. The molecule has 0 heterocycles. The largest absolute Gasteiger partial charge is 0.398 e. The van der Waals surface area contributed by atoms with Gasteiger partial charge in [-0.15, -0.1) is 0 Å². The van der Waals surface area contributed by atoms with E-state index < -0.39 is 15.9 Å². The minimum absolute atomic E-state index is 0.0911. The second-order valence-electron chi connectivity index (χ2n) is 4.92. The zero-order valence-electron chi connectivity index (χ0n) is 12.5. The Balaban J connectivity index is 3.14. The van der Waals surface area contributed by atoms with Crippen LogP contribution in [0.4, 0.5) is 5.69 Å². The number of nitrogens with zero attached hydrogens (tertiary/aromatic N) is 1. The van der Waals surface area contributed by atoms with Gasteiger partial charge in [0.1, 0.15) is 0 Å². The molecule has 1 aromatic carbocycles. The van der Waals surface area contributed by atoms with Crippen LogP contribution in [0, 0.1) is 12.8 Å². The van der Waals surface area contributed by atoms with Gasteiger partial charge in [0.15, 0.2) is 0 Å². The Bertz CT molecular complexity index is 646. The lowest BCUT2D eigenvalue weighted by Crippen LogP contribution is -2.37. The van der Waals surface area contributed by atoms with Crippen LogP contribution >= 0.6 is 15.9 Å². The average molecular weight is 378 g/mol. The number of benzene rings is 1. The molecule has 0 fully saturated rings. The summed E-state index contributed by atoms with van der Waals surface area (Å²) in [5, 5.41) is 2.50. The molecule has 21 heavy (non-hydrogen) atoms. The molecule has 0 spiro atoms. The summed E-state index contributed by atoms with van der Waals surface area (Å²) in [6.45, 7) is 3.42. The first-order valence-electron chi connectivity index (χ1n) is 6.34. The monoisotopic (exact) mass is 377 g/mol. The van der Waals surface area contributed by atoms with Crippen molar-refractivity contribution < 1.29 is 13.2 Å². The molecule has 1 aromatic rings. The SMILES string of the molecule is CNC(=O)C(C)CN(C)S(=O)(=O)c1cc(Br)cc(N)c1C. The van der Waals surface area contributed by atoms with Crippen LogP contribution in [0.1, 0.15) is 12.5 Å². The molecular weight excluding hydrogens is 358 g/mol. The molecule has 1 unspecified atom stereocenters. The Morgan fingerprint density at radius 2 is 2.05 bits per heavy atom. The van der Waals surface area contributed by atoms with E-state index in [0.29, 0.717) is 15.7 Å². The maximum atomic E-state index is 12.6. The molecule has 0 bridgehead atoms. The van der Waals surface area contributed by atoms with Crippen molar-refractivity contribution >= 4 is 37.5 Å². The highest BCUT2D eigenvalue weighted by Gasteiger charge is 2.27. The molecule has 0 saturated carbocycles. The van der Waals surface area contributed by atoms with Gasteiger partial charge in [0.05, 0.1) is 4.90 Å². The Morgan fingerprint density at radius 3 is 2.57 bits per heavy atom. The number of carbonyl (C=O) groups is 1. The van der Waals surface area contributed by atoms with E-state index in [9.17, 15) is 13.2 Å². The fraction of sp³-hybridized carbons (Fsp3) is 0.462. The van der Waals surface area contributed by atoms with Crippen molar-refractivity contribution in [1.82, 2.24) is 9.62 Å². The molecule has 0 saturated heterocycles. The molecule has 1 amide bonds. The van der Waals surface area contributed by atoms with Crippen LogP contribution in [0.25, 0.3) is 0 Å². The van der Waals surface area contributed by atoms with Crippen molar-refractivity contribution in [2.45, 2.75) is 18.7 Å². The van der Waals surface area contributed by atoms with Gasteiger partial charge in [0, 0.05) is 36.7 Å². The molecule has 0 aliphatic heterocycles. The van der Waals surface area contributed by atoms with Gasteiger partial charge in [-0.2, -0.15) is 0 Å². The van der Waals surface area contributed by atoms with Crippen LogP contribution in [0.3, 0.4) is 0 Å². The fourth-order valence-electron chi connectivity index (χ4n) is 1.92. The molecule has 8 heteroatoms. The number of rotatable bonds is 5. The molecule has 1 rings (SSSR count). The molecule has 118 valence electrons. The summed E-state index contributed by atoms with van der Waals surface area (Å²) in [6.07, 6.45) is 0. The number of nitrogens with one attached hydrogen (secondary N) is 1. The summed E-state index contributed by atoms with van der Waals surface area (Å²) in [6, 6.07) is 3.17. The summed E-state index contributed by atoms with van der Waals surface area (Å²) in [4.78, 5) is 11.7. The quantitative estimate of drug-likeness (QED) is 0.757. The topological polar surface area (TPSA) is 92.5 Å². The summed E-state index contributed by atoms with van der Waals surface area (Å²) >= 11 is 3.25. The lowest BCUT2D eigenvalue weighted by Gasteiger charge is -2.22. The highest BCUT2D eigenvalue weighted by Crippen LogP contribution is 2.28. The summed E-state index contributed by atoms with van der Waals surface area (Å²) in [5.74, 6) is -0.651. The third kappa shape index (κ3) is 3.96. The van der Waals surface area contributed by atoms with E-state index in [1.54, 1.807) is 19.9 Å². The molecule has 0 aromatic heterocycles. The van der Waals surface area contributed by atoms with Gasteiger partial charge in [-0.05, 0) is 24.6 Å². The van der Waals surface area contributed by atoms with Crippen LogP contribution in [0.2, 0.25) is 0 Å². The normalized spacial score (nSPS) is 13.2. The zero-order valence-corrected chi connectivity index (χ0v) is 14.9. The first-order chi connectivity index (χ1) is 9.61. The lowest BCUT2D eigenvalue weighted by molar-refractivity contribution is -0.124. The summed E-state index contributed by atoms with van der Waals surface area (Å²) in [5.41, 5.74) is 6.71. The Morgan fingerprint density at radius 1 is 1.48 bits per heavy atom. The molecule has 0 radical (unpaired) electrons. The van der Waals surface area contributed by atoms with E-state index >= 15 is 0 Å². The highest BCUT2D eigenvalue weighted by molar-refractivity contribution is 9.10. The maximum absolute atomic E-state index is 12.6. The molecule has 6 nitrogen and oxygen atoms in total. The van der Waals surface area contributed by atoms with Crippen molar-refractivity contribution in [3.8, 4) is 0 Å². The Kier molecular flexibility index (Phi) is 5.77. The molecule has 0 aliphatic carbocycles. The minimum Gasteiger partial charge on any atom is -0.398 e. The van der Waals surface area contributed by atoms with Crippen LogP contribution in [0.5, 0.6) is 0 Å². The molecule has 1 atom stereocenters. The number of anilines is 1. The number of hydrogen-bond acceptors (Lipinski definition) is 4. The maximum Gasteiger partial charge on any atom is 0.243 e. The standard InChI is InChI=1S/C13H20BrN3O3S/c1-8(13(18)16-3)7-17(4)21(19,20)12-6-10(14)5-11(15)9(12)2/h5-6,8H,7,15H2,1-4H3,(H,16,18). The van der Waals surface area contributed by atoms with Gasteiger partial charge in [-0.1, -0.05) is 22.9 Å². The van der Waals surface area contributed by atoms with E-state index in [1.807, 2.05) is 0 Å². The minimum atomic E-state index is -3.71. The van der Waals surface area contributed by atoms with Gasteiger partial charge in [-0.3, -0.25) is 4.79 Å². The fourth-order valence-corrected chi connectivity index (χ4v) is 4.09. The Labute approximate surface area is 133 Å². The van der Waals surface area contributed by atoms with E-state index in [4.69, 9.17) is 5.73 Å². The number of hydrogen-bond donors (Lipinski definition) is 2. The van der Waals surface area contributed by atoms with Crippen LogP contribution in [-0.2, 0) is 14.8 Å².